The molecule has 4 nitrogen and oxygen atoms in total. The normalized spacial score (nSPS) is 14.0. The van der Waals surface area contributed by atoms with E-state index in [0.717, 1.165) is 17.2 Å². The number of hydrogen-bond donors (Lipinski definition) is 0. The lowest BCUT2D eigenvalue weighted by Gasteiger charge is -2.28. The van der Waals surface area contributed by atoms with Gasteiger partial charge in [0.1, 0.15) is 12.5 Å². The van der Waals surface area contributed by atoms with Crippen molar-refractivity contribution in [2.24, 2.45) is 0 Å². The second-order valence-corrected chi connectivity index (χ2v) is 6.64. The molecular formula is C22H19FN2O2. The van der Waals surface area contributed by atoms with Gasteiger partial charge in [0.15, 0.2) is 0 Å². The molecule has 3 aromatic carbocycles. The summed E-state index contributed by atoms with van der Waals surface area (Å²) in [5, 5.41) is 1.82. The molecule has 0 radical (unpaired) electrons. The molecule has 0 aromatic heterocycles. The second-order valence-electron chi connectivity index (χ2n) is 6.64. The first kappa shape index (κ1) is 17.2. The summed E-state index contributed by atoms with van der Waals surface area (Å²) in [7, 11) is 0. The van der Waals surface area contributed by atoms with E-state index in [1.807, 2.05) is 36.4 Å². The summed E-state index contributed by atoms with van der Waals surface area (Å²) in [6.45, 7) is 0.784. The summed E-state index contributed by atoms with van der Waals surface area (Å²) < 4.78 is 13.4. The SMILES string of the molecule is O=C1CCCN1CN(C(=O)c1cccc2ccccc12)c1ccc(F)cc1. The van der Waals surface area contributed by atoms with Crippen molar-refractivity contribution >= 4 is 28.3 Å². The van der Waals surface area contributed by atoms with Gasteiger partial charge in [0, 0.05) is 24.2 Å². The molecule has 0 spiro atoms. The minimum absolute atomic E-state index is 0.0350. The van der Waals surface area contributed by atoms with Crippen molar-refractivity contribution in [3.63, 3.8) is 0 Å². The van der Waals surface area contributed by atoms with Crippen LogP contribution in [0.25, 0.3) is 10.8 Å². The Bertz CT molecular complexity index is 995. The number of rotatable bonds is 4. The molecule has 0 saturated carbocycles. The van der Waals surface area contributed by atoms with E-state index in [1.165, 1.54) is 12.1 Å². The minimum atomic E-state index is -0.367. The van der Waals surface area contributed by atoms with Gasteiger partial charge >= 0.3 is 0 Å². The zero-order valence-corrected chi connectivity index (χ0v) is 14.8. The number of carbonyl (C=O) groups excluding carboxylic acids is 2. The molecule has 0 aliphatic carbocycles. The molecule has 27 heavy (non-hydrogen) atoms. The van der Waals surface area contributed by atoms with Gasteiger partial charge in [-0.05, 0) is 47.5 Å². The van der Waals surface area contributed by atoms with Gasteiger partial charge in [-0.15, -0.1) is 0 Å². The van der Waals surface area contributed by atoms with Crippen LogP contribution in [0.5, 0.6) is 0 Å². The molecule has 1 aliphatic rings. The smallest absolute Gasteiger partial charge is 0.260 e. The molecule has 1 aliphatic heterocycles. The number of benzene rings is 3. The third-order valence-corrected chi connectivity index (χ3v) is 4.89. The van der Waals surface area contributed by atoms with Crippen molar-refractivity contribution in [3.05, 3.63) is 78.1 Å². The number of nitrogens with zero attached hydrogens (tertiary/aromatic N) is 2. The van der Waals surface area contributed by atoms with Crippen molar-refractivity contribution in [1.29, 1.82) is 0 Å². The fourth-order valence-corrected chi connectivity index (χ4v) is 3.47. The summed E-state index contributed by atoms with van der Waals surface area (Å²) in [6.07, 6.45) is 1.29. The number of amides is 2. The van der Waals surface area contributed by atoms with Crippen LogP contribution in [0.3, 0.4) is 0 Å². The van der Waals surface area contributed by atoms with E-state index in [0.29, 0.717) is 24.2 Å². The Balaban J connectivity index is 1.75. The number of hydrogen-bond acceptors (Lipinski definition) is 2. The Kier molecular flexibility index (Phi) is 4.59. The van der Waals surface area contributed by atoms with Gasteiger partial charge in [0.2, 0.25) is 5.91 Å². The molecule has 0 bridgehead atoms. The van der Waals surface area contributed by atoms with Crippen molar-refractivity contribution in [1.82, 2.24) is 4.90 Å². The van der Waals surface area contributed by atoms with E-state index >= 15 is 0 Å². The van der Waals surface area contributed by atoms with Crippen LogP contribution in [-0.4, -0.2) is 29.9 Å². The Morgan fingerprint density at radius 2 is 1.74 bits per heavy atom. The molecule has 3 aromatic rings. The highest BCUT2D eigenvalue weighted by Gasteiger charge is 2.27. The molecule has 136 valence electrons. The molecule has 2 amide bonds. The molecule has 5 heteroatoms. The van der Waals surface area contributed by atoms with Crippen LogP contribution in [0.4, 0.5) is 10.1 Å². The van der Waals surface area contributed by atoms with Gasteiger partial charge in [0.25, 0.3) is 5.91 Å². The molecule has 0 unspecified atom stereocenters. The maximum absolute atomic E-state index is 13.4. The summed E-state index contributed by atoms with van der Waals surface area (Å²) in [5.74, 6) is -0.542. The van der Waals surface area contributed by atoms with Crippen LogP contribution in [0.1, 0.15) is 23.2 Å². The number of anilines is 1. The summed E-state index contributed by atoms with van der Waals surface area (Å²) in [6, 6.07) is 19.1. The maximum atomic E-state index is 13.4. The number of halogens is 1. The molecule has 0 atom stereocenters. The van der Waals surface area contributed by atoms with Crippen LogP contribution in [0, 0.1) is 5.82 Å². The molecule has 4 rings (SSSR count). The molecular weight excluding hydrogens is 343 g/mol. The topological polar surface area (TPSA) is 40.6 Å². The molecule has 1 fully saturated rings. The van der Waals surface area contributed by atoms with E-state index in [4.69, 9.17) is 0 Å². The number of likely N-dealkylation sites (tertiary alicyclic amines) is 1. The van der Waals surface area contributed by atoms with Gasteiger partial charge in [-0.25, -0.2) is 4.39 Å². The average molecular weight is 362 g/mol. The molecule has 0 N–H and O–H groups in total. The van der Waals surface area contributed by atoms with E-state index in [-0.39, 0.29) is 24.3 Å². The lowest BCUT2D eigenvalue weighted by molar-refractivity contribution is -0.127. The van der Waals surface area contributed by atoms with Gasteiger partial charge in [-0.1, -0.05) is 36.4 Å². The number of fused-ring (bicyclic) bond motifs is 1. The highest BCUT2D eigenvalue weighted by Crippen LogP contribution is 2.25. The predicted molar refractivity (Wildman–Crippen MR) is 103 cm³/mol. The Morgan fingerprint density at radius 3 is 2.48 bits per heavy atom. The molecule has 1 heterocycles. The first-order chi connectivity index (χ1) is 13.1. The predicted octanol–water partition coefficient (Wildman–Crippen LogP) is 4.21. The summed E-state index contributed by atoms with van der Waals surface area (Å²) in [4.78, 5) is 28.7. The highest BCUT2D eigenvalue weighted by molar-refractivity contribution is 6.14. The largest absolute Gasteiger partial charge is 0.324 e. The van der Waals surface area contributed by atoms with E-state index in [9.17, 15) is 14.0 Å². The first-order valence-electron chi connectivity index (χ1n) is 8.96. The first-order valence-corrected chi connectivity index (χ1v) is 8.96. The number of carbonyl (C=O) groups is 2. The van der Waals surface area contributed by atoms with E-state index < -0.39 is 0 Å². The fourth-order valence-electron chi connectivity index (χ4n) is 3.47. The van der Waals surface area contributed by atoms with Crippen molar-refractivity contribution < 1.29 is 14.0 Å². The van der Waals surface area contributed by atoms with E-state index in [1.54, 1.807) is 28.0 Å². The second kappa shape index (κ2) is 7.19. The Labute approximate surface area is 156 Å². The third kappa shape index (κ3) is 3.40. The lowest BCUT2D eigenvalue weighted by Crippen LogP contribution is -2.42. The van der Waals surface area contributed by atoms with Crippen LogP contribution < -0.4 is 4.90 Å². The van der Waals surface area contributed by atoms with Crippen LogP contribution in [0.15, 0.2) is 66.7 Å². The van der Waals surface area contributed by atoms with Crippen molar-refractivity contribution in [2.75, 3.05) is 18.1 Å². The Hall–Kier alpha value is -3.21. The van der Waals surface area contributed by atoms with E-state index in [2.05, 4.69) is 0 Å². The monoisotopic (exact) mass is 362 g/mol. The quantitative estimate of drug-likeness (QED) is 0.698. The lowest BCUT2D eigenvalue weighted by atomic mass is 10.0. The third-order valence-electron chi connectivity index (χ3n) is 4.89. The minimum Gasteiger partial charge on any atom is -0.324 e. The average Bonchev–Trinajstić information content (AvgIpc) is 3.10. The summed E-state index contributed by atoms with van der Waals surface area (Å²) in [5.41, 5.74) is 1.12. The maximum Gasteiger partial charge on any atom is 0.260 e. The van der Waals surface area contributed by atoms with Gasteiger partial charge in [-0.2, -0.15) is 0 Å². The zero-order chi connectivity index (χ0) is 18.8. The van der Waals surface area contributed by atoms with Gasteiger partial charge in [0.05, 0.1) is 0 Å². The van der Waals surface area contributed by atoms with Crippen molar-refractivity contribution in [2.45, 2.75) is 12.8 Å². The van der Waals surface area contributed by atoms with Gasteiger partial charge in [-0.3, -0.25) is 14.5 Å². The van der Waals surface area contributed by atoms with Crippen LogP contribution in [0.2, 0.25) is 0 Å². The highest BCUT2D eigenvalue weighted by atomic mass is 19.1. The van der Waals surface area contributed by atoms with Crippen molar-refractivity contribution in [3.8, 4) is 0 Å². The van der Waals surface area contributed by atoms with Gasteiger partial charge < -0.3 is 4.90 Å². The summed E-state index contributed by atoms with van der Waals surface area (Å²) >= 11 is 0. The Morgan fingerprint density at radius 1 is 1.00 bits per heavy atom. The fraction of sp³-hybridized carbons (Fsp3) is 0.182. The van der Waals surface area contributed by atoms with Crippen LogP contribution in [-0.2, 0) is 4.79 Å². The standard InChI is InChI=1S/C22H19FN2O2/c23-17-10-12-18(13-11-17)25(15-24-14-4-9-21(24)26)22(27)20-8-3-6-16-5-1-2-7-19(16)20/h1-3,5-8,10-13H,4,9,14-15H2. The zero-order valence-electron chi connectivity index (χ0n) is 14.8. The van der Waals surface area contributed by atoms with Crippen LogP contribution >= 0.6 is 0 Å². The molecule has 1 saturated heterocycles.